The van der Waals surface area contributed by atoms with E-state index in [9.17, 15) is 4.79 Å². The summed E-state index contributed by atoms with van der Waals surface area (Å²) in [7, 11) is 1.63. The van der Waals surface area contributed by atoms with Crippen LogP contribution in [0.1, 0.15) is 59.1 Å². The molecule has 1 aliphatic rings. The first-order chi connectivity index (χ1) is 19.7. The molecule has 0 radical (unpaired) electrons. The van der Waals surface area contributed by atoms with Crippen LogP contribution in [-0.2, 0) is 19.4 Å². The fourth-order valence-electron chi connectivity index (χ4n) is 5.11. The third kappa shape index (κ3) is 7.00. The molecule has 0 saturated heterocycles. The molecule has 1 aromatic heterocycles. The van der Waals surface area contributed by atoms with E-state index in [-0.39, 0.29) is 11.3 Å². The van der Waals surface area contributed by atoms with Gasteiger partial charge in [0.15, 0.2) is 11.5 Å². The van der Waals surface area contributed by atoms with Gasteiger partial charge in [-0.15, -0.1) is 11.3 Å². The van der Waals surface area contributed by atoms with Crippen molar-refractivity contribution in [2.45, 2.75) is 46.6 Å². The van der Waals surface area contributed by atoms with Gasteiger partial charge in [-0.3, -0.25) is 4.79 Å². The largest absolute Gasteiger partial charge is 0.493 e. The lowest BCUT2D eigenvalue weighted by atomic mass is 9.72. The number of halogens is 1. The van der Waals surface area contributed by atoms with Crippen LogP contribution >= 0.6 is 22.9 Å². The van der Waals surface area contributed by atoms with E-state index in [1.54, 1.807) is 36.8 Å². The topological polar surface area (TPSA) is 59.9 Å². The highest BCUT2D eigenvalue weighted by molar-refractivity contribution is 7.16. The Kier molecular flexibility index (Phi) is 8.81. The third-order valence-electron chi connectivity index (χ3n) is 7.56. The molecule has 5 nitrogen and oxygen atoms in total. The van der Waals surface area contributed by atoms with Gasteiger partial charge in [-0.05, 0) is 89.8 Å². The van der Waals surface area contributed by atoms with Gasteiger partial charge in [-0.2, -0.15) is 0 Å². The molecule has 1 heterocycles. The molecule has 1 atom stereocenters. The number of ether oxygens (including phenoxy) is 2. The van der Waals surface area contributed by atoms with E-state index >= 15 is 0 Å². The number of hydrogen-bond acceptors (Lipinski definition) is 5. The standard InChI is InChI=1S/C34H35ClN2O3S/c1-34(2,3)24-11-16-27-30(19-24)41-33(31(27)32(38)37-26-14-12-25(35)13-15-26)36-20-23-10-17-28(29(18-23)39-4)40-21-22-8-6-5-7-9-22/h5-10,12-15,17-18,20,24H,11,16,19,21H2,1-4H3,(H,37,38)/t24-/m0/s1. The molecule has 3 aromatic carbocycles. The minimum Gasteiger partial charge on any atom is -0.493 e. The molecule has 0 saturated carbocycles. The Bertz CT molecular complexity index is 1540. The van der Waals surface area contributed by atoms with Crippen LogP contribution in [0.4, 0.5) is 10.7 Å². The van der Waals surface area contributed by atoms with Gasteiger partial charge in [-0.25, -0.2) is 4.99 Å². The van der Waals surface area contributed by atoms with Gasteiger partial charge in [0.25, 0.3) is 5.91 Å². The summed E-state index contributed by atoms with van der Waals surface area (Å²) in [6.45, 7) is 7.34. The maximum absolute atomic E-state index is 13.6. The predicted molar refractivity (Wildman–Crippen MR) is 170 cm³/mol. The van der Waals surface area contributed by atoms with Crippen molar-refractivity contribution in [3.63, 3.8) is 0 Å². The first-order valence-electron chi connectivity index (χ1n) is 13.8. The molecule has 1 amide bonds. The molecule has 0 bridgehead atoms. The highest BCUT2D eigenvalue weighted by atomic mass is 35.5. The molecule has 0 spiro atoms. The molecule has 0 aliphatic heterocycles. The monoisotopic (exact) mass is 586 g/mol. The Morgan fingerprint density at radius 1 is 1.07 bits per heavy atom. The van der Waals surface area contributed by atoms with E-state index in [0.29, 0.717) is 40.3 Å². The minimum absolute atomic E-state index is 0.145. The number of thiophene rings is 1. The van der Waals surface area contributed by atoms with Gasteiger partial charge in [0, 0.05) is 21.8 Å². The van der Waals surface area contributed by atoms with Gasteiger partial charge in [0.2, 0.25) is 0 Å². The summed E-state index contributed by atoms with van der Waals surface area (Å²) in [5.41, 5.74) is 4.64. The number of rotatable bonds is 8. The zero-order valence-electron chi connectivity index (χ0n) is 23.9. The zero-order chi connectivity index (χ0) is 29.0. The number of fused-ring (bicyclic) bond motifs is 1. The van der Waals surface area contributed by atoms with E-state index in [4.69, 9.17) is 26.1 Å². The number of amides is 1. The number of benzene rings is 3. The van der Waals surface area contributed by atoms with Crippen molar-refractivity contribution in [1.29, 1.82) is 0 Å². The molecule has 1 aliphatic carbocycles. The molecule has 4 aromatic rings. The lowest BCUT2D eigenvalue weighted by Crippen LogP contribution is -2.27. The summed E-state index contributed by atoms with van der Waals surface area (Å²) in [6, 6.07) is 22.9. The van der Waals surface area contributed by atoms with Crippen LogP contribution in [0.3, 0.4) is 0 Å². The van der Waals surface area contributed by atoms with Crippen LogP contribution in [0.15, 0.2) is 77.8 Å². The Morgan fingerprint density at radius 3 is 2.54 bits per heavy atom. The molecule has 7 heteroatoms. The number of nitrogens with one attached hydrogen (secondary N) is 1. The average molecular weight is 587 g/mol. The van der Waals surface area contributed by atoms with Crippen molar-refractivity contribution < 1.29 is 14.3 Å². The molecule has 0 fully saturated rings. The summed E-state index contributed by atoms with van der Waals surface area (Å²) < 4.78 is 11.6. The van der Waals surface area contributed by atoms with Crippen LogP contribution in [0.5, 0.6) is 11.5 Å². The Labute approximate surface area is 251 Å². The first kappa shape index (κ1) is 28.9. The van der Waals surface area contributed by atoms with E-state index < -0.39 is 0 Å². The van der Waals surface area contributed by atoms with Gasteiger partial charge in [0.05, 0.1) is 12.7 Å². The first-order valence-corrected chi connectivity index (χ1v) is 15.0. The Hall–Kier alpha value is -3.61. The number of carbonyl (C=O) groups excluding carboxylic acids is 1. The number of methoxy groups -OCH3 is 1. The van der Waals surface area contributed by atoms with E-state index in [1.165, 1.54) is 4.88 Å². The fourth-order valence-corrected chi connectivity index (χ4v) is 6.51. The molecular weight excluding hydrogens is 552 g/mol. The number of carbonyl (C=O) groups is 1. The fraction of sp³-hybridized carbons (Fsp3) is 0.294. The second-order valence-electron chi connectivity index (χ2n) is 11.4. The summed E-state index contributed by atoms with van der Waals surface area (Å²) in [6.07, 6.45) is 4.68. The molecule has 0 unspecified atom stereocenters. The van der Waals surface area contributed by atoms with Crippen LogP contribution in [0.25, 0.3) is 0 Å². The average Bonchev–Trinajstić information content (AvgIpc) is 3.34. The van der Waals surface area contributed by atoms with E-state index in [0.717, 1.165) is 41.0 Å². The van der Waals surface area contributed by atoms with Gasteiger partial charge in [-0.1, -0.05) is 62.7 Å². The summed E-state index contributed by atoms with van der Waals surface area (Å²) >= 11 is 7.67. The van der Waals surface area contributed by atoms with E-state index in [1.807, 2.05) is 60.7 Å². The quantitative estimate of drug-likeness (QED) is 0.209. The van der Waals surface area contributed by atoms with Gasteiger partial charge in [0.1, 0.15) is 11.6 Å². The summed E-state index contributed by atoms with van der Waals surface area (Å²) in [5.74, 6) is 1.71. The van der Waals surface area contributed by atoms with Crippen LogP contribution < -0.4 is 14.8 Å². The van der Waals surface area contributed by atoms with E-state index in [2.05, 4.69) is 26.1 Å². The van der Waals surface area contributed by atoms with Gasteiger partial charge < -0.3 is 14.8 Å². The molecule has 1 N–H and O–H groups in total. The number of anilines is 1. The molecular formula is C34H35ClN2O3S. The molecule has 41 heavy (non-hydrogen) atoms. The van der Waals surface area contributed by atoms with Crippen LogP contribution in [0.2, 0.25) is 5.02 Å². The molecule has 212 valence electrons. The van der Waals surface area contributed by atoms with Crippen LogP contribution in [0, 0.1) is 11.3 Å². The zero-order valence-corrected chi connectivity index (χ0v) is 25.4. The minimum atomic E-state index is -0.145. The highest BCUT2D eigenvalue weighted by Gasteiger charge is 2.33. The van der Waals surface area contributed by atoms with Crippen molar-refractivity contribution in [2.75, 3.05) is 12.4 Å². The summed E-state index contributed by atoms with van der Waals surface area (Å²) in [5, 5.41) is 4.40. The lowest BCUT2D eigenvalue weighted by Gasteiger charge is -2.33. The second kappa shape index (κ2) is 12.5. The maximum atomic E-state index is 13.6. The SMILES string of the molecule is COc1cc(C=Nc2sc3c(c2C(=O)Nc2ccc(Cl)cc2)CC[C@H](C(C)(C)C)C3)ccc1OCc1ccccc1. The Morgan fingerprint density at radius 2 is 1.83 bits per heavy atom. The third-order valence-corrected chi connectivity index (χ3v) is 8.97. The van der Waals surface area contributed by atoms with Crippen molar-refractivity contribution in [1.82, 2.24) is 0 Å². The number of hydrogen-bond donors (Lipinski definition) is 1. The smallest absolute Gasteiger partial charge is 0.259 e. The van der Waals surface area contributed by atoms with Gasteiger partial charge >= 0.3 is 0 Å². The second-order valence-corrected chi connectivity index (χ2v) is 12.9. The highest BCUT2D eigenvalue weighted by Crippen LogP contribution is 2.45. The maximum Gasteiger partial charge on any atom is 0.259 e. The number of aliphatic imine (C=N–C) groups is 1. The normalized spacial score (nSPS) is 15.0. The van der Waals surface area contributed by atoms with Crippen molar-refractivity contribution in [3.8, 4) is 11.5 Å². The van der Waals surface area contributed by atoms with Crippen molar-refractivity contribution >= 4 is 45.7 Å². The van der Waals surface area contributed by atoms with Crippen molar-refractivity contribution in [2.24, 2.45) is 16.3 Å². The predicted octanol–water partition coefficient (Wildman–Crippen LogP) is 9.14. The van der Waals surface area contributed by atoms with Crippen LogP contribution in [-0.4, -0.2) is 19.2 Å². The Balaban J connectivity index is 1.42. The molecule has 5 rings (SSSR count). The van der Waals surface area contributed by atoms with Crippen molar-refractivity contribution in [3.05, 3.63) is 105 Å². The lowest BCUT2D eigenvalue weighted by molar-refractivity contribution is 0.102. The summed E-state index contributed by atoms with van der Waals surface area (Å²) in [4.78, 5) is 19.7. The number of nitrogens with zero attached hydrogens (tertiary/aromatic N) is 1.